The van der Waals surface area contributed by atoms with Gasteiger partial charge in [0.05, 0.1) is 10.0 Å². The van der Waals surface area contributed by atoms with Gasteiger partial charge in [-0.25, -0.2) is 18.6 Å². The number of aromatic carboxylic acids is 1. The van der Waals surface area contributed by atoms with Gasteiger partial charge in [0.15, 0.2) is 11.4 Å². The van der Waals surface area contributed by atoms with Crippen LogP contribution in [-0.2, 0) is 6.61 Å². The maximum absolute atomic E-state index is 13.7. The Morgan fingerprint density at radius 1 is 1.35 bits per heavy atom. The SMILES string of the molecule is O=C(O)c1ncccc1OCc1c(F)ccc(Br)c1F. The molecule has 0 aliphatic heterocycles. The summed E-state index contributed by atoms with van der Waals surface area (Å²) in [5.74, 6) is -2.90. The van der Waals surface area contributed by atoms with E-state index >= 15 is 0 Å². The number of pyridine rings is 1. The summed E-state index contributed by atoms with van der Waals surface area (Å²) in [4.78, 5) is 14.6. The van der Waals surface area contributed by atoms with Gasteiger partial charge in [-0.3, -0.25) is 0 Å². The molecule has 0 amide bonds. The lowest BCUT2D eigenvalue weighted by atomic mass is 10.2. The van der Waals surface area contributed by atoms with Gasteiger partial charge < -0.3 is 9.84 Å². The van der Waals surface area contributed by atoms with E-state index in [4.69, 9.17) is 9.84 Å². The van der Waals surface area contributed by atoms with Crippen molar-refractivity contribution in [2.45, 2.75) is 6.61 Å². The van der Waals surface area contributed by atoms with E-state index in [1.54, 1.807) is 0 Å². The molecule has 0 radical (unpaired) electrons. The van der Waals surface area contributed by atoms with Crippen molar-refractivity contribution in [3.63, 3.8) is 0 Å². The molecule has 0 fully saturated rings. The second-order valence-corrected chi connectivity index (χ2v) is 4.62. The predicted octanol–water partition coefficient (Wildman–Crippen LogP) is 3.40. The van der Waals surface area contributed by atoms with Crippen LogP contribution in [0.2, 0.25) is 0 Å². The molecule has 4 nitrogen and oxygen atoms in total. The Labute approximate surface area is 121 Å². The molecule has 2 rings (SSSR count). The summed E-state index contributed by atoms with van der Waals surface area (Å²) in [6.07, 6.45) is 1.29. The zero-order valence-corrected chi connectivity index (χ0v) is 11.5. The number of halogens is 3. The molecule has 1 N–H and O–H groups in total. The van der Waals surface area contributed by atoms with Crippen molar-refractivity contribution in [2.24, 2.45) is 0 Å². The smallest absolute Gasteiger partial charge is 0.358 e. The highest BCUT2D eigenvalue weighted by Gasteiger charge is 2.16. The number of carboxylic acid groups (broad SMARTS) is 1. The second-order valence-electron chi connectivity index (χ2n) is 3.77. The lowest BCUT2D eigenvalue weighted by Crippen LogP contribution is -2.07. The Morgan fingerprint density at radius 2 is 2.10 bits per heavy atom. The number of carbonyl (C=O) groups is 1. The van der Waals surface area contributed by atoms with Crippen LogP contribution < -0.4 is 4.74 Å². The predicted molar refractivity (Wildman–Crippen MR) is 69.6 cm³/mol. The molecular formula is C13H8BrF2NO3. The molecular weight excluding hydrogens is 336 g/mol. The fourth-order valence-electron chi connectivity index (χ4n) is 1.52. The van der Waals surface area contributed by atoms with Gasteiger partial charge in [0.25, 0.3) is 0 Å². The molecule has 0 spiro atoms. The van der Waals surface area contributed by atoms with Crippen LogP contribution in [0, 0.1) is 11.6 Å². The molecule has 0 saturated carbocycles. The fourth-order valence-corrected chi connectivity index (χ4v) is 1.89. The molecule has 0 saturated heterocycles. The van der Waals surface area contributed by atoms with Crippen LogP contribution in [0.4, 0.5) is 8.78 Å². The Bertz CT molecular complexity index is 664. The van der Waals surface area contributed by atoms with Gasteiger partial charge in [-0.1, -0.05) is 0 Å². The first-order valence-corrected chi connectivity index (χ1v) is 6.23. The normalized spacial score (nSPS) is 10.3. The molecule has 1 heterocycles. The van der Waals surface area contributed by atoms with E-state index in [0.29, 0.717) is 0 Å². The number of hydrogen-bond acceptors (Lipinski definition) is 3. The van der Waals surface area contributed by atoms with Crippen LogP contribution in [0.15, 0.2) is 34.9 Å². The number of carboxylic acids is 1. The number of hydrogen-bond donors (Lipinski definition) is 1. The molecule has 0 atom stereocenters. The van der Waals surface area contributed by atoms with Crippen LogP contribution >= 0.6 is 15.9 Å². The van der Waals surface area contributed by atoms with Crippen LogP contribution in [-0.4, -0.2) is 16.1 Å². The lowest BCUT2D eigenvalue weighted by molar-refractivity contribution is 0.0684. The first-order chi connectivity index (χ1) is 9.50. The van der Waals surface area contributed by atoms with Gasteiger partial charge in [-0.05, 0) is 40.2 Å². The van der Waals surface area contributed by atoms with Crippen molar-refractivity contribution in [1.82, 2.24) is 4.98 Å². The van der Waals surface area contributed by atoms with E-state index in [9.17, 15) is 13.6 Å². The number of rotatable bonds is 4. The van der Waals surface area contributed by atoms with E-state index in [1.807, 2.05) is 0 Å². The number of ether oxygens (including phenoxy) is 1. The molecule has 1 aromatic carbocycles. The van der Waals surface area contributed by atoms with Crippen LogP contribution in [0.25, 0.3) is 0 Å². The van der Waals surface area contributed by atoms with Crippen molar-refractivity contribution in [2.75, 3.05) is 0 Å². The molecule has 1 aromatic heterocycles. The number of aromatic nitrogens is 1. The summed E-state index contributed by atoms with van der Waals surface area (Å²) in [7, 11) is 0. The summed E-state index contributed by atoms with van der Waals surface area (Å²) in [5.41, 5.74) is -0.608. The summed E-state index contributed by atoms with van der Waals surface area (Å²) in [6.45, 7) is -0.441. The Morgan fingerprint density at radius 3 is 2.80 bits per heavy atom. The minimum Gasteiger partial charge on any atom is -0.486 e. The van der Waals surface area contributed by atoms with Gasteiger partial charge >= 0.3 is 5.97 Å². The van der Waals surface area contributed by atoms with Gasteiger partial charge in [0.1, 0.15) is 18.2 Å². The highest BCUT2D eigenvalue weighted by Crippen LogP contribution is 2.24. The first-order valence-electron chi connectivity index (χ1n) is 5.44. The molecule has 0 bridgehead atoms. The topological polar surface area (TPSA) is 59.4 Å². The van der Waals surface area contributed by atoms with E-state index < -0.39 is 24.2 Å². The Balaban J connectivity index is 2.26. The molecule has 2 aromatic rings. The van der Waals surface area contributed by atoms with Crippen molar-refractivity contribution in [3.05, 3.63) is 57.8 Å². The molecule has 20 heavy (non-hydrogen) atoms. The fraction of sp³-hybridized carbons (Fsp3) is 0.0769. The molecule has 104 valence electrons. The third-order valence-corrected chi connectivity index (χ3v) is 3.10. The number of nitrogens with zero attached hydrogens (tertiary/aromatic N) is 1. The lowest BCUT2D eigenvalue weighted by Gasteiger charge is -2.10. The highest BCUT2D eigenvalue weighted by molar-refractivity contribution is 9.10. The van der Waals surface area contributed by atoms with Crippen LogP contribution in [0.3, 0.4) is 0 Å². The van der Waals surface area contributed by atoms with Crippen molar-refractivity contribution >= 4 is 21.9 Å². The third kappa shape index (κ3) is 2.93. The van der Waals surface area contributed by atoms with Crippen molar-refractivity contribution < 1.29 is 23.4 Å². The van der Waals surface area contributed by atoms with Gasteiger partial charge in [0, 0.05) is 6.20 Å². The van der Waals surface area contributed by atoms with E-state index in [-0.39, 0.29) is 21.5 Å². The maximum atomic E-state index is 13.7. The summed E-state index contributed by atoms with van der Waals surface area (Å²) < 4.78 is 32.5. The zero-order chi connectivity index (χ0) is 14.7. The van der Waals surface area contributed by atoms with E-state index in [1.165, 1.54) is 24.4 Å². The Kier molecular flexibility index (Phi) is 4.29. The van der Waals surface area contributed by atoms with Gasteiger partial charge in [-0.2, -0.15) is 0 Å². The Hall–Kier alpha value is -2.02. The van der Waals surface area contributed by atoms with Crippen LogP contribution in [0.5, 0.6) is 5.75 Å². The summed E-state index contributed by atoms with van der Waals surface area (Å²) in [5, 5.41) is 8.92. The van der Waals surface area contributed by atoms with E-state index in [0.717, 1.165) is 6.07 Å². The molecule has 0 aliphatic rings. The average molecular weight is 344 g/mol. The monoisotopic (exact) mass is 343 g/mol. The quantitative estimate of drug-likeness (QED) is 0.864. The standard InChI is InChI=1S/C13H8BrF2NO3/c14-8-3-4-9(15)7(11(8)16)6-20-10-2-1-5-17-12(10)13(18)19/h1-5H,6H2,(H,18,19). The molecule has 7 heteroatoms. The van der Waals surface area contributed by atoms with Crippen molar-refractivity contribution in [1.29, 1.82) is 0 Å². The molecule has 0 unspecified atom stereocenters. The zero-order valence-electron chi connectivity index (χ0n) is 9.94. The second kappa shape index (κ2) is 5.96. The van der Waals surface area contributed by atoms with Crippen LogP contribution in [0.1, 0.15) is 16.1 Å². The average Bonchev–Trinajstić information content (AvgIpc) is 2.43. The van der Waals surface area contributed by atoms with Gasteiger partial charge in [-0.15, -0.1) is 0 Å². The third-order valence-electron chi connectivity index (χ3n) is 2.48. The highest BCUT2D eigenvalue weighted by atomic mass is 79.9. The largest absolute Gasteiger partial charge is 0.486 e. The summed E-state index contributed by atoms with van der Waals surface area (Å²) >= 11 is 2.94. The van der Waals surface area contributed by atoms with E-state index in [2.05, 4.69) is 20.9 Å². The van der Waals surface area contributed by atoms with Gasteiger partial charge in [0.2, 0.25) is 0 Å². The minimum atomic E-state index is -1.28. The minimum absolute atomic E-state index is 0.0567. The van der Waals surface area contributed by atoms with Crippen molar-refractivity contribution in [3.8, 4) is 5.75 Å². The summed E-state index contributed by atoms with van der Waals surface area (Å²) in [6, 6.07) is 5.16. The first kappa shape index (κ1) is 14.4. The number of benzene rings is 1. The maximum Gasteiger partial charge on any atom is 0.358 e. The molecule has 0 aliphatic carbocycles.